The Labute approximate surface area is 115 Å². The summed E-state index contributed by atoms with van der Waals surface area (Å²) in [5, 5.41) is 15.5. The Balaban J connectivity index is 1.56. The molecule has 6 nitrogen and oxygen atoms in total. The molecule has 1 unspecified atom stereocenters. The third kappa shape index (κ3) is 3.30. The first-order valence-corrected chi connectivity index (χ1v) is 7.27. The van der Waals surface area contributed by atoms with Crippen LogP contribution < -0.4 is 10.6 Å². The van der Waals surface area contributed by atoms with Crippen molar-refractivity contribution in [3.8, 4) is 0 Å². The van der Waals surface area contributed by atoms with Gasteiger partial charge in [0.25, 0.3) is 0 Å². The van der Waals surface area contributed by atoms with Crippen molar-refractivity contribution in [1.82, 2.24) is 20.5 Å². The maximum Gasteiger partial charge on any atom is 0.316 e. The minimum absolute atomic E-state index is 0.0726. The lowest BCUT2D eigenvalue weighted by Crippen LogP contribution is -2.15. The molecule has 0 aromatic carbocycles. The third-order valence-electron chi connectivity index (χ3n) is 2.94. The lowest BCUT2D eigenvalue weighted by Gasteiger charge is -2.07. The zero-order chi connectivity index (χ0) is 13.2. The van der Waals surface area contributed by atoms with Gasteiger partial charge >= 0.3 is 6.01 Å². The van der Waals surface area contributed by atoms with Crippen LogP contribution in [-0.4, -0.2) is 21.2 Å². The van der Waals surface area contributed by atoms with E-state index in [0.29, 0.717) is 24.5 Å². The fraction of sp³-hybridized carbons (Fsp3) is 0.583. The van der Waals surface area contributed by atoms with Crippen LogP contribution in [0.4, 0.5) is 6.01 Å². The van der Waals surface area contributed by atoms with Gasteiger partial charge in [-0.2, -0.15) is 0 Å². The second-order valence-electron chi connectivity index (χ2n) is 4.83. The van der Waals surface area contributed by atoms with E-state index in [1.54, 1.807) is 11.3 Å². The standard InChI is InChI=1S/C12H17N5OS/c1-7-5-14-11(19-7)8(2)15-12-17-16-10(18-12)6-13-9-3-4-9/h5,8-9,13H,3-4,6H2,1-2H3,(H,15,17). The second-order valence-corrected chi connectivity index (χ2v) is 6.10. The second kappa shape index (κ2) is 5.26. The average molecular weight is 279 g/mol. The molecular weight excluding hydrogens is 262 g/mol. The van der Waals surface area contributed by atoms with Crippen molar-refractivity contribution >= 4 is 17.4 Å². The third-order valence-corrected chi connectivity index (χ3v) is 4.03. The number of hydrogen-bond acceptors (Lipinski definition) is 7. The molecule has 1 saturated carbocycles. The first-order valence-electron chi connectivity index (χ1n) is 6.45. The van der Waals surface area contributed by atoms with E-state index in [9.17, 15) is 0 Å². The molecule has 7 heteroatoms. The van der Waals surface area contributed by atoms with E-state index in [1.807, 2.05) is 20.0 Å². The molecule has 0 spiro atoms. The molecule has 0 saturated heterocycles. The van der Waals surface area contributed by atoms with E-state index in [2.05, 4.69) is 25.8 Å². The quantitative estimate of drug-likeness (QED) is 0.844. The molecule has 2 aromatic heterocycles. The number of nitrogens with one attached hydrogen (secondary N) is 2. The summed E-state index contributed by atoms with van der Waals surface area (Å²) >= 11 is 1.67. The van der Waals surface area contributed by atoms with Gasteiger partial charge in [-0.25, -0.2) is 4.98 Å². The normalized spacial score (nSPS) is 16.5. The van der Waals surface area contributed by atoms with Crippen LogP contribution in [0.2, 0.25) is 0 Å². The first kappa shape index (κ1) is 12.6. The number of aromatic nitrogens is 3. The Bertz CT molecular complexity index is 548. The van der Waals surface area contributed by atoms with Gasteiger partial charge in [0.2, 0.25) is 5.89 Å². The molecule has 2 heterocycles. The van der Waals surface area contributed by atoms with Crippen molar-refractivity contribution in [3.05, 3.63) is 22.0 Å². The molecule has 2 N–H and O–H groups in total. The van der Waals surface area contributed by atoms with Crippen LogP contribution >= 0.6 is 11.3 Å². The molecule has 1 aliphatic carbocycles. The zero-order valence-electron chi connectivity index (χ0n) is 11.0. The zero-order valence-corrected chi connectivity index (χ0v) is 11.8. The van der Waals surface area contributed by atoms with Crippen molar-refractivity contribution in [2.75, 3.05) is 5.32 Å². The van der Waals surface area contributed by atoms with Gasteiger partial charge in [-0.15, -0.1) is 16.4 Å². The van der Waals surface area contributed by atoms with Crippen LogP contribution in [0.25, 0.3) is 0 Å². The highest BCUT2D eigenvalue weighted by atomic mass is 32.1. The number of rotatable bonds is 6. The number of nitrogens with zero attached hydrogens (tertiary/aromatic N) is 3. The van der Waals surface area contributed by atoms with Gasteiger partial charge in [0.1, 0.15) is 5.01 Å². The Hall–Kier alpha value is -1.47. The molecule has 102 valence electrons. The summed E-state index contributed by atoms with van der Waals surface area (Å²) in [7, 11) is 0. The minimum Gasteiger partial charge on any atom is -0.407 e. The molecule has 0 aliphatic heterocycles. The van der Waals surface area contributed by atoms with Crippen LogP contribution in [0.5, 0.6) is 0 Å². The Morgan fingerprint density at radius 1 is 1.47 bits per heavy atom. The monoisotopic (exact) mass is 279 g/mol. The van der Waals surface area contributed by atoms with E-state index in [0.717, 1.165) is 5.01 Å². The molecule has 3 rings (SSSR count). The van der Waals surface area contributed by atoms with Gasteiger partial charge in [-0.05, 0) is 26.7 Å². The maximum absolute atomic E-state index is 5.54. The highest BCUT2D eigenvalue weighted by molar-refractivity contribution is 7.11. The van der Waals surface area contributed by atoms with Crippen LogP contribution in [0.15, 0.2) is 10.6 Å². The fourth-order valence-electron chi connectivity index (χ4n) is 1.72. The summed E-state index contributed by atoms with van der Waals surface area (Å²) in [5.74, 6) is 0.622. The van der Waals surface area contributed by atoms with E-state index in [4.69, 9.17) is 4.42 Å². The highest BCUT2D eigenvalue weighted by Crippen LogP contribution is 2.23. The summed E-state index contributed by atoms with van der Waals surface area (Å²) in [5.41, 5.74) is 0. The van der Waals surface area contributed by atoms with E-state index < -0.39 is 0 Å². The summed E-state index contributed by atoms with van der Waals surface area (Å²) < 4.78 is 5.54. The van der Waals surface area contributed by atoms with Crippen LogP contribution in [-0.2, 0) is 6.54 Å². The molecule has 2 aromatic rings. The number of anilines is 1. The van der Waals surface area contributed by atoms with Gasteiger partial charge in [-0.1, -0.05) is 5.10 Å². The van der Waals surface area contributed by atoms with Gasteiger partial charge in [0.05, 0.1) is 12.6 Å². The molecular formula is C12H17N5OS. The number of thiazole rings is 1. The predicted molar refractivity (Wildman–Crippen MR) is 73.0 cm³/mol. The Morgan fingerprint density at radius 3 is 3.00 bits per heavy atom. The maximum atomic E-state index is 5.54. The van der Waals surface area contributed by atoms with Crippen molar-refractivity contribution in [2.45, 2.75) is 45.3 Å². The SMILES string of the molecule is Cc1cnc(C(C)Nc2nnc(CNC3CC3)o2)s1. The van der Waals surface area contributed by atoms with Gasteiger partial charge in [-0.3, -0.25) is 0 Å². The van der Waals surface area contributed by atoms with Crippen molar-refractivity contribution in [3.63, 3.8) is 0 Å². The molecule has 0 amide bonds. The summed E-state index contributed by atoms with van der Waals surface area (Å²) in [6.07, 6.45) is 4.37. The Kier molecular flexibility index (Phi) is 3.48. The van der Waals surface area contributed by atoms with Gasteiger partial charge < -0.3 is 15.1 Å². The highest BCUT2D eigenvalue weighted by Gasteiger charge is 2.21. The summed E-state index contributed by atoms with van der Waals surface area (Å²) in [4.78, 5) is 5.54. The minimum atomic E-state index is 0.0726. The number of hydrogen-bond donors (Lipinski definition) is 2. The molecule has 1 atom stereocenters. The molecule has 0 bridgehead atoms. The average Bonchev–Trinajstić information content (AvgIpc) is 2.95. The number of aryl methyl sites for hydroxylation is 1. The first-order chi connectivity index (χ1) is 9.20. The predicted octanol–water partition coefficient (Wildman–Crippen LogP) is 2.26. The van der Waals surface area contributed by atoms with Crippen molar-refractivity contribution in [1.29, 1.82) is 0 Å². The van der Waals surface area contributed by atoms with E-state index in [1.165, 1.54) is 17.7 Å². The van der Waals surface area contributed by atoms with Crippen LogP contribution in [0.3, 0.4) is 0 Å². The molecule has 1 aliphatic rings. The smallest absolute Gasteiger partial charge is 0.316 e. The lowest BCUT2D eigenvalue weighted by atomic mass is 10.4. The lowest BCUT2D eigenvalue weighted by molar-refractivity contribution is 0.473. The fourth-order valence-corrected chi connectivity index (χ4v) is 2.50. The van der Waals surface area contributed by atoms with Crippen LogP contribution in [0, 0.1) is 6.92 Å². The summed E-state index contributed by atoms with van der Waals surface area (Å²) in [6, 6.07) is 1.16. The largest absolute Gasteiger partial charge is 0.407 e. The van der Waals surface area contributed by atoms with Gasteiger partial charge in [0.15, 0.2) is 0 Å². The molecule has 0 radical (unpaired) electrons. The van der Waals surface area contributed by atoms with Gasteiger partial charge in [0, 0.05) is 17.1 Å². The Morgan fingerprint density at radius 2 is 2.32 bits per heavy atom. The molecule has 19 heavy (non-hydrogen) atoms. The van der Waals surface area contributed by atoms with E-state index >= 15 is 0 Å². The summed E-state index contributed by atoms with van der Waals surface area (Å²) in [6.45, 7) is 4.72. The molecule has 1 fully saturated rings. The van der Waals surface area contributed by atoms with Crippen molar-refractivity contribution < 1.29 is 4.42 Å². The topological polar surface area (TPSA) is 75.9 Å². The van der Waals surface area contributed by atoms with E-state index in [-0.39, 0.29) is 6.04 Å². The van der Waals surface area contributed by atoms with Crippen molar-refractivity contribution in [2.24, 2.45) is 0 Å². The van der Waals surface area contributed by atoms with Crippen LogP contribution in [0.1, 0.15) is 41.6 Å².